The summed E-state index contributed by atoms with van der Waals surface area (Å²) in [5.74, 6) is -0.239. The van der Waals surface area contributed by atoms with Gasteiger partial charge in [0.05, 0.1) is 24.2 Å². The van der Waals surface area contributed by atoms with Gasteiger partial charge in [-0.1, -0.05) is 6.07 Å². The second kappa shape index (κ2) is 7.87. The Kier molecular flexibility index (Phi) is 5.26. The van der Waals surface area contributed by atoms with Crippen LogP contribution in [0.15, 0.2) is 42.6 Å². The zero-order valence-electron chi connectivity index (χ0n) is 17.1. The average molecular weight is 423 g/mol. The number of hydrogen-bond acceptors (Lipinski definition) is 7. The summed E-state index contributed by atoms with van der Waals surface area (Å²) in [6, 6.07) is 10.5. The average Bonchev–Trinajstić information content (AvgIpc) is 3.15. The third-order valence-electron chi connectivity index (χ3n) is 4.99. The van der Waals surface area contributed by atoms with E-state index in [2.05, 4.69) is 4.98 Å². The van der Waals surface area contributed by atoms with E-state index in [0.717, 1.165) is 26.8 Å². The lowest BCUT2D eigenvalue weighted by Gasteiger charge is -2.35. The van der Waals surface area contributed by atoms with Gasteiger partial charge in [-0.2, -0.15) is 0 Å². The van der Waals surface area contributed by atoms with E-state index in [9.17, 15) is 9.59 Å². The predicted molar refractivity (Wildman–Crippen MR) is 115 cm³/mol. The normalized spacial score (nSPS) is 16.6. The summed E-state index contributed by atoms with van der Waals surface area (Å²) in [6.45, 7) is 5.31. The number of nitrogens with zero attached hydrogens (tertiary/aromatic N) is 3. The molecule has 0 bridgehead atoms. The molecule has 0 aliphatic carbocycles. The van der Waals surface area contributed by atoms with Crippen LogP contribution in [0, 0.1) is 6.92 Å². The van der Waals surface area contributed by atoms with Crippen LogP contribution in [0.5, 0.6) is 5.75 Å². The Hall–Kier alpha value is -3.26. The lowest BCUT2D eigenvalue weighted by Crippen LogP contribution is -2.51. The molecule has 7 nitrogen and oxygen atoms in total. The molecule has 0 spiro atoms. The Morgan fingerprint density at radius 2 is 2.10 bits per heavy atom. The highest BCUT2D eigenvalue weighted by Crippen LogP contribution is 2.40. The monoisotopic (exact) mass is 423 g/mol. The quantitative estimate of drug-likeness (QED) is 0.593. The molecule has 2 unspecified atom stereocenters. The van der Waals surface area contributed by atoms with Crippen molar-refractivity contribution in [3.8, 4) is 27.7 Å². The molecule has 0 radical (unpaired) electrons. The molecule has 0 saturated carbocycles. The van der Waals surface area contributed by atoms with Crippen LogP contribution in [-0.2, 0) is 14.3 Å². The van der Waals surface area contributed by atoms with Crippen LogP contribution in [0.25, 0.3) is 22.0 Å². The molecular weight excluding hydrogens is 402 g/mol. The summed E-state index contributed by atoms with van der Waals surface area (Å²) in [5.41, 5.74) is 2.97. The summed E-state index contributed by atoms with van der Waals surface area (Å²) in [6.07, 6.45) is 1.05. The number of aryl methyl sites for hydroxylation is 1. The number of carbonyl (C=O) groups excluding carboxylic acids is 2. The topological polar surface area (TPSA) is 81.6 Å². The van der Waals surface area contributed by atoms with Crippen LogP contribution in [0.2, 0.25) is 0 Å². The molecule has 1 aromatic carbocycles. The van der Waals surface area contributed by atoms with E-state index in [4.69, 9.17) is 14.5 Å². The molecule has 0 saturated heterocycles. The van der Waals surface area contributed by atoms with Crippen LogP contribution < -0.4 is 9.64 Å². The fourth-order valence-electron chi connectivity index (χ4n) is 3.45. The Morgan fingerprint density at radius 3 is 2.80 bits per heavy atom. The zero-order chi connectivity index (χ0) is 21.4. The second-order valence-electron chi connectivity index (χ2n) is 6.99. The van der Waals surface area contributed by atoms with Gasteiger partial charge in [0.1, 0.15) is 16.8 Å². The van der Waals surface area contributed by atoms with Crippen molar-refractivity contribution in [1.29, 1.82) is 0 Å². The van der Waals surface area contributed by atoms with Crippen molar-refractivity contribution in [2.75, 3.05) is 12.0 Å². The largest absolute Gasteiger partial charge is 0.479 e. The van der Waals surface area contributed by atoms with Crippen molar-refractivity contribution in [3.05, 3.63) is 47.5 Å². The first-order valence-electron chi connectivity index (χ1n) is 9.51. The van der Waals surface area contributed by atoms with Gasteiger partial charge in [0.2, 0.25) is 0 Å². The maximum Gasteiger partial charge on any atom is 0.328 e. The molecule has 154 valence electrons. The minimum absolute atomic E-state index is 0.290. The van der Waals surface area contributed by atoms with Crippen molar-refractivity contribution in [3.63, 3.8) is 0 Å². The van der Waals surface area contributed by atoms with Crippen LogP contribution in [0.1, 0.15) is 18.7 Å². The van der Waals surface area contributed by atoms with E-state index in [1.165, 1.54) is 12.0 Å². The van der Waals surface area contributed by atoms with E-state index in [1.807, 2.05) is 43.3 Å². The van der Waals surface area contributed by atoms with Gasteiger partial charge < -0.3 is 9.47 Å². The second-order valence-corrected chi connectivity index (χ2v) is 8.19. The number of thiazole rings is 1. The fourth-order valence-corrected chi connectivity index (χ4v) is 4.36. The van der Waals surface area contributed by atoms with Crippen molar-refractivity contribution >= 4 is 28.9 Å². The number of benzene rings is 1. The number of hydrogen-bond donors (Lipinski definition) is 0. The number of carbonyl (C=O) groups is 2. The summed E-state index contributed by atoms with van der Waals surface area (Å²) in [7, 11) is 1.31. The van der Waals surface area contributed by atoms with Gasteiger partial charge in [0.25, 0.3) is 5.91 Å². The number of fused-ring (bicyclic) bond motifs is 1. The Morgan fingerprint density at radius 1 is 1.30 bits per heavy atom. The number of anilines is 1. The minimum Gasteiger partial charge on any atom is -0.479 e. The van der Waals surface area contributed by atoms with Gasteiger partial charge in [-0.05, 0) is 51.1 Å². The van der Waals surface area contributed by atoms with Crippen LogP contribution in [0.4, 0.5) is 5.69 Å². The van der Waals surface area contributed by atoms with Crippen molar-refractivity contribution in [1.82, 2.24) is 9.97 Å². The maximum absolute atomic E-state index is 12.8. The fraction of sp³-hybridized carbons (Fsp3) is 0.273. The van der Waals surface area contributed by atoms with E-state index in [0.29, 0.717) is 11.4 Å². The van der Waals surface area contributed by atoms with Crippen molar-refractivity contribution in [2.45, 2.75) is 32.9 Å². The number of aromatic nitrogens is 2. The SMILES string of the molecule is COC(=O)C(C)N1C(=O)C(C)Oc2ccc(-c3nc(-c4ccccn4)sc3C)cc21. The standard InChI is InChI=1S/C22H21N3O4S/c1-12(22(27)28-4)25-17-11-15(8-9-18(17)29-13(2)21(25)26)19-14(3)30-20(24-19)16-7-5-6-10-23-16/h5-13H,1-4H3. The maximum atomic E-state index is 12.8. The van der Waals surface area contributed by atoms with Gasteiger partial charge in [0, 0.05) is 16.6 Å². The minimum atomic E-state index is -0.775. The van der Waals surface area contributed by atoms with Crippen LogP contribution >= 0.6 is 11.3 Å². The molecule has 0 fully saturated rings. The molecule has 3 aromatic rings. The van der Waals surface area contributed by atoms with Gasteiger partial charge >= 0.3 is 5.97 Å². The summed E-state index contributed by atoms with van der Waals surface area (Å²) in [5, 5.41) is 0.821. The van der Waals surface area contributed by atoms with Gasteiger partial charge in [-0.15, -0.1) is 11.3 Å². The number of ether oxygens (including phenoxy) is 2. The molecule has 1 aliphatic rings. The number of pyridine rings is 1. The molecule has 1 aliphatic heterocycles. The first-order chi connectivity index (χ1) is 14.4. The third-order valence-corrected chi connectivity index (χ3v) is 5.98. The summed E-state index contributed by atoms with van der Waals surface area (Å²) >= 11 is 1.56. The number of amides is 1. The van der Waals surface area contributed by atoms with E-state index in [-0.39, 0.29) is 5.91 Å². The smallest absolute Gasteiger partial charge is 0.328 e. The van der Waals surface area contributed by atoms with Crippen molar-refractivity contribution in [2.24, 2.45) is 0 Å². The molecule has 30 heavy (non-hydrogen) atoms. The lowest BCUT2D eigenvalue weighted by molar-refractivity contribution is -0.143. The van der Waals surface area contributed by atoms with Gasteiger partial charge in [-0.3, -0.25) is 14.7 Å². The van der Waals surface area contributed by atoms with E-state index in [1.54, 1.807) is 31.4 Å². The lowest BCUT2D eigenvalue weighted by atomic mass is 10.1. The number of rotatable bonds is 4. The summed E-state index contributed by atoms with van der Waals surface area (Å²) < 4.78 is 10.6. The van der Waals surface area contributed by atoms with Crippen molar-refractivity contribution < 1.29 is 19.1 Å². The van der Waals surface area contributed by atoms with E-state index < -0.39 is 18.1 Å². The van der Waals surface area contributed by atoms with Gasteiger partial charge in [0.15, 0.2) is 6.10 Å². The molecule has 4 rings (SSSR count). The predicted octanol–water partition coefficient (Wildman–Crippen LogP) is 3.86. The molecular formula is C22H21N3O4S. The zero-order valence-corrected chi connectivity index (χ0v) is 17.9. The molecule has 2 aromatic heterocycles. The highest BCUT2D eigenvalue weighted by atomic mass is 32.1. The highest BCUT2D eigenvalue weighted by Gasteiger charge is 2.38. The Labute approximate surface area is 178 Å². The van der Waals surface area contributed by atoms with Crippen LogP contribution in [0.3, 0.4) is 0 Å². The molecule has 2 atom stereocenters. The first-order valence-corrected chi connectivity index (χ1v) is 10.3. The Balaban J connectivity index is 1.79. The Bertz CT molecular complexity index is 1110. The molecule has 1 amide bonds. The van der Waals surface area contributed by atoms with Crippen LogP contribution in [-0.4, -0.2) is 41.1 Å². The third kappa shape index (κ3) is 3.43. The molecule has 0 N–H and O–H groups in total. The first kappa shape index (κ1) is 20.0. The summed E-state index contributed by atoms with van der Waals surface area (Å²) in [4.78, 5) is 36.6. The molecule has 8 heteroatoms. The number of methoxy groups -OCH3 is 1. The van der Waals surface area contributed by atoms with E-state index >= 15 is 0 Å². The number of esters is 1. The van der Waals surface area contributed by atoms with Gasteiger partial charge in [-0.25, -0.2) is 9.78 Å². The highest BCUT2D eigenvalue weighted by molar-refractivity contribution is 7.15. The molecule has 3 heterocycles.